The molecular formula is C3H5BF3NO. The Morgan fingerprint density at radius 1 is 1.56 bits per heavy atom. The summed E-state index contributed by atoms with van der Waals surface area (Å²) < 4.78 is 33.9. The quantitative estimate of drug-likeness (QED) is 0.416. The first-order valence-corrected chi connectivity index (χ1v) is 2.14. The molecule has 52 valence electrons. The fraction of sp³-hybridized carbons (Fsp3) is 0.667. The second-order valence-electron chi connectivity index (χ2n) is 1.70. The van der Waals surface area contributed by atoms with Crippen LogP contribution in [0.4, 0.5) is 13.2 Å². The monoisotopic (exact) mass is 139 g/mol. The summed E-state index contributed by atoms with van der Waals surface area (Å²) in [4.78, 5) is 10.5. The lowest BCUT2D eigenvalue weighted by molar-refractivity contribution is -0.179. The van der Waals surface area contributed by atoms with Crippen LogP contribution in [0.25, 0.3) is 0 Å². The van der Waals surface area contributed by atoms with Crippen LogP contribution in [0.5, 0.6) is 0 Å². The molecular weight excluding hydrogens is 134 g/mol. The normalized spacial score (nSPS) is 11.1. The van der Waals surface area contributed by atoms with E-state index in [0.717, 1.165) is 15.0 Å². The highest BCUT2D eigenvalue weighted by Crippen LogP contribution is 2.15. The topological polar surface area (TPSA) is 20.3 Å². The van der Waals surface area contributed by atoms with E-state index in [1.54, 1.807) is 0 Å². The molecule has 6 heteroatoms. The van der Waals surface area contributed by atoms with Gasteiger partial charge in [0.2, 0.25) is 7.98 Å². The Hall–Kier alpha value is -0.675. The van der Waals surface area contributed by atoms with Crippen LogP contribution < -0.4 is 0 Å². The van der Waals surface area contributed by atoms with Crippen LogP contribution >= 0.6 is 0 Å². The molecule has 2 nitrogen and oxygen atoms in total. The molecule has 0 aliphatic heterocycles. The average Bonchev–Trinajstić information content (AvgIpc) is 1.62. The SMILES string of the molecule is BN(C)C(=O)C(F)(F)F. The van der Waals surface area contributed by atoms with E-state index in [4.69, 9.17) is 0 Å². The summed E-state index contributed by atoms with van der Waals surface area (Å²) in [5, 5.41) is 0. The van der Waals surface area contributed by atoms with E-state index in [1.165, 1.54) is 0 Å². The van der Waals surface area contributed by atoms with Gasteiger partial charge in [0.25, 0.3) is 0 Å². The largest absolute Gasteiger partial charge is 0.470 e. The van der Waals surface area contributed by atoms with Crippen molar-refractivity contribution in [2.45, 2.75) is 6.18 Å². The Morgan fingerprint density at radius 3 is 1.89 bits per heavy atom. The molecule has 0 aromatic carbocycles. The summed E-state index contributed by atoms with van der Waals surface area (Å²) in [5.74, 6) is -1.83. The van der Waals surface area contributed by atoms with E-state index in [0.29, 0.717) is 4.81 Å². The van der Waals surface area contributed by atoms with Crippen molar-refractivity contribution in [2.75, 3.05) is 7.05 Å². The highest BCUT2D eigenvalue weighted by molar-refractivity contribution is 6.14. The summed E-state index contributed by atoms with van der Waals surface area (Å²) in [6.45, 7) is 0. The molecule has 9 heavy (non-hydrogen) atoms. The zero-order chi connectivity index (χ0) is 7.65. The first kappa shape index (κ1) is 8.32. The molecule has 0 radical (unpaired) electrons. The van der Waals surface area contributed by atoms with Crippen LogP contribution in [0.3, 0.4) is 0 Å². The molecule has 0 bridgehead atoms. The Bertz CT molecular complexity index is 121. The molecule has 1 amide bonds. The molecule has 0 aromatic rings. The molecule has 0 atom stereocenters. The third-order valence-corrected chi connectivity index (χ3v) is 0.649. The summed E-state index contributed by atoms with van der Waals surface area (Å²) in [7, 11) is 2.10. The van der Waals surface area contributed by atoms with Gasteiger partial charge in [-0.05, 0) is 7.05 Å². The van der Waals surface area contributed by atoms with E-state index in [2.05, 4.69) is 0 Å². The third-order valence-electron chi connectivity index (χ3n) is 0.649. The van der Waals surface area contributed by atoms with E-state index in [-0.39, 0.29) is 0 Å². The van der Waals surface area contributed by atoms with Gasteiger partial charge in [0.1, 0.15) is 0 Å². The van der Waals surface area contributed by atoms with Crippen LogP contribution in [0.15, 0.2) is 0 Å². The summed E-state index contributed by atoms with van der Waals surface area (Å²) >= 11 is 0. The van der Waals surface area contributed by atoms with Crippen LogP contribution in [0.2, 0.25) is 0 Å². The highest BCUT2D eigenvalue weighted by atomic mass is 19.4. The predicted octanol–water partition coefficient (Wildman–Crippen LogP) is -0.445. The summed E-state index contributed by atoms with van der Waals surface area (Å²) in [6, 6.07) is 0. The van der Waals surface area contributed by atoms with Crippen molar-refractivity contribution in [3.8, 4) is 0 Å². The van der Waals surface area contributed by atoms with Crippen molar-refractivity contribution >= 4 is 13.9 Å². The number of amides is 1. The number of hydrogen-bond acceptors (Lipinski definition) is 1. The smallest absolute Gasteiger partial charge is 0.389 e. The lowest BCUT2D eigenvalue weighted by Crippen LogP contribution is -2.36. The molecule has 0 aromatic heterocycles. The van der Waals surface area contributed by atoms with Gasteiger partial charge in [-0.25, -0.2) is 0 Å². The van der Waals surface area contributed by atoms with Gasteiger partial charge in [-0.2, -0.15) is 13.2 Å². The standard InChI is InChI=1S/C3H5BF3NO/c1-8(4)2(9)3(5,6)7/h4H2,1H3. The van der Waals surface area contributed by atoms with E-state index < -0.39 is 12.1 Å². The van der Waals surface area contributed by atoms with E-state index in [9.17, 15) is 18.0 Å². The summed E-state index contributed by atoms with van der Waals surface area (Å²) in [6.07, 6.45) is -4.73. The summed E-state index contributed by atoms with van der Waals surface area (Å²) in [5.41, 5.74) is 0. The molecule has 0 N–H and O–H groups in total. The van der Waals surface area contributed by atoms with E-state index in [1.807, 2.05) is 0 Å². The fourth-order valence-corrected chi connectivity index (χ4v) is 0.254. The van der Waals surface area contributed by atoms with Crippen molar-refractivity contribution in [1.82, 2.24) is 4.81 Å². The minimum atomic E-state index is -4.73. The maximum atomic E-state index is 11.3. The maximum absolute atomic E-state index is 11.3. The van der Waals surface area contributed by atoms with Crippen molar-refractivity contribution in [3.05, 3.63) is 0 Å². The van der Waals surface area contributed by atoms with Gasteiger partial charge >= 0.3 is 12.1 Å². The van der Waals surface area contributed by atoms with Crippen LogP contribution in [0.1, 0.15) is 0 Å². The van der Waals surface area contributed by atoms with Gasteiger partial charge in [0.05, 0.1) is 0 Å². The van der Waals surface area contributed by atoms with E-state index >= 15 is 0 Å². The Morgan fingerprint density at radius 2 is 1.89 bits per heavy atom. The highest BCUT2D eigenvalue weighted by Gasteiger charge is 2.39. The molecule has 0 saturated heterocycles. The molecule has 0 spiro atoms. The Kier molecular flexibility index (Phi) is 2.11. The number of alkyl halides is 3. The molecule has 0 rings (SSSR count). The number of hydrogen-bond donors (Lipinski definition) is 0. The average molecular weight is 139 g/mol. The van der Waals surface area contributed by atoms with Gasteiger partial charge in [-0.15, -0.1) is 0 Å². The Labute approximate surface area is 51.1 Å². The number of halogens is 3. The first-order chi connectivity index (χ1) is 3.85. The number of nitrogens with zero attached hydrogens (tertiary/aromatic N) is 1. The minimum Gasteiger partial charge on any atom is -0.389 e. The van der Waals surface area contributed by atoms with Gasteiger partial charge in [0.15, 0.2) is 0 Å². The van der Waals surface area contributed by atoms with Crippen molar-refractivity contribution in [3.63, 3.8) is 0 Å². The first-order valence-electron chi connectivity index (χ1n) is 2.14. The van der Waals surface area contributed by atoms with Crippen molar-refractivity contribution < 1.29 is 18.0 Å². The number of rotatable bonds is 0. The van der Waals surface area contributed by atoms with Crippen LogP contribution in [-0.2, 0) is 4.79 Å². The van der Waals surface area contributed by atoms with Gasteiger partial charge < -0.3 is 4.81 Å². The van der Waals surface area contributed by atoms with Crippen LogP contribution in [-0.4, -0.2) is 31.9 Å². The molecule has 0 heterocycles. The second kappa shape index (κ2) is 2.28. The van der Waals surface area contributed by atoms with Gasteiger partial charge in [-0.3, -0.25) is 4.79 Å². The van der Waals surface area contributed by atoms with Crippen molar-refractivity contribution in [1.29, 1.82) is 0 Å². The van der Waals surface area contributed by atoms with Crippen LogP contribution in [0, 0.1) is 0 Å². The third kappa shape index (κ3) is 2.39. The zero-order valence-electron chi connectivity index (χ0n) is 4.99. The predicted molar refractivity (Wildman–Crippen MR) is 27.4 cm³/mol. The lowest BCUT2D eigenvalue weighted by atomic mass is 10.3. The Balaban J connectivity index is 4.06. The lowest BCUT2D eigenvalue weighted by Gasteiger charge is -2.12. The second-order valence-corrected chi connectivity index (χ2v) is 1.70. The molecule has 0 aliphatic carbocycles. The molecule has 0 saturated carbocycles. The molecule has 0 unspecified atom stereocenters. The zero-order valence-corrected chi connectivity index (χ0v) is 4.99. The number of carbonyl (C=O) groups is 1. The fourth-order valence-electron chi connectivity index (χ4n) is 0.254. The molecule has 0 aliphatic rings. The van der Waals surface area contributed by atoms with Crippen molar-refractivity contribution in [2.24, 2.45) is 0 Å². The molecule has 0 fully saturated rings. The number of carbonyl (C=O) groups excluding carboxylic acids is 1. The maximum Gasteiger partial charge on any atom is 0.470 e. The minimum absolute atomic E-state index is 0.486. The van der Waals surface area contributed by atoms with Gasteiger partial charge in [0, 0.05) is 0 Å². The van der Waals surface area contributed by atoms with Gasteiger partial charge in [-0.1, -0.05) is 0 Å².